The van der Waals surface area contributed by atoms with Gasteiger partial charge in [-0.2, -0.15) is 0 Å². The number of Topliss-reactive ketones (excluding diaryl/α,β-unsaturated/α-hetero) is 1. The zero-order valence-electron chi connectivity index (χ0n) is 10.3. The average Bonchev–Trinajstić information content (AvgIpc) is 2.36. The summed E-state index contributed by atoms with van der Waals surface area (Å²) >= 11 is 0. The Balaban J connectivity index is 2.25. The summed E-state index contributed by atoms with van der Waals surface area (Å²) in [6.07, 6.45) is 3.22. The van der Waals surface area contributed by atoms with E-state index in [9.17, 15) is 13.2 Å². The number of rotatable bonds is 0. The summed E-state index contributed by atoms with van der Waals surface area (Å²) in [6, 6.07) is 5.14. The van der Waals surface area contributed by atoms with E-state index in [2.05, 4.69) is 0 Å². The van der Waals surface area contributed by atoms with Crippen LogP contribution >= 0.6 is 0 Å². The van der Waals surface area contributed by atoms with Crippen LogP contribution in [0.25, 0.3) is 0 Å². The number of carbonyl (C=O) groups excluding carboxylic acids is 1. The van der Waals surface area contributed by atoms with Gasteiger partial charge in [-0.1, -0.05) is 18.9 Å². The topological polar surface area (TPSA) is 51.2 Å². The fourth-order valence-electron chi connectivity index (χ4n) is 3.20. The molecule has 3 nitrogen and oxygen atoms in total. The van der Waals surface area contributed by atoms with Gasteiger partial charge in [-0.25, -0.2) is 8.42 Å². The third-order valence-electron chi connectivity index (χ3n) is 4.15. The van der Waals surface area contributed by atoms with Gasteiger partial charge in [0.15, 0.2) is 15.6 Å². The second-order valence-electron chi connectivity index (χ2n) is 5.34. The van der Waals surface area contributed by atoms with Crippen LogP contribution in [0.4, 0.5) is 0 Å². The Labute approximate surface area is 107 Å². The van der Waals surface area contributed by atoms with E-state index < -0.39 is 15.1 Å². The minimum atomic E-state index is -3.32. The number of hydrogen-bond donors (Lipinski definition) is 0. The van der Waals surface area contributed by atoms with Crippen LogP contribution in [0.15, 0.2) is 23.1 Å². The van der Waals surface area contributed by atoms with Gasteiger partial charge in [0, 0.05) is 11.5 Å². The van der Waals surface area contributed by atoms with E-state index in [1.165, 1.54) is 0 Å². The van der Waals surface area contributed by atoms with Crippen LogP contribution in [0, 0.1) is 12.8 Å². The average molecular weight is 264 g/mol. The molecular weight excluding hydrogens is 248 g/mol. The summed E-state index contributed by atoms with van der Waals surface area (Å²) in [4.78, 5) is 12.6. The molecule has 3 rings (SSSR count). The molecule has 2 atom stereocenters. The van der Waals surface area contributed by atoms with Crippen molar-refractivity contribution in [3.05, 3.63) is 29.3 Å². The van der Waals surface area contributed by atoms with Crippen LogP contribution in [0.1, 0.15) is 41.6 Å². The van der Waals surface area contributed by atoms with Crippen molar-refractivity contribution in [3.63, 3.8) is 0 Å². The van der Waals surface area contributed by atoms with Crippen molar-refractivity contribution in [2.45, 2.75) is 42.8 Å². The lowest BCUT2D eigenvalue weighted by Crippen LogP contribution is -2.42. The van der Waals surface area contributed by atoms with Crippen molar-refractivity contribution in [1.82, 2.24) is 0 Å². The standard InChI is InChI=1S/C14H16O3S/c1-9-6-7-11-13(8-9)18(16,17)12-5-3-2-4-10(12)14(11)15/h6-8,10,12H,2-5H2,1H3. The SMILES string of the molecule is Cc1ccc2c(c1)S(=O)(=O)C1CCCCC1C2=O. The molecule has 2 aliphatic rings. The number of ketones is 1. The van der Waals surface area contributed by atoms with E-state index in [1.54, 1.807) is 12.1 Å². The number of sulfone groups is 1. The number of fused-ring (bicyclic) bond motifs is 2. The third kappa shape index (κ3) is 1.55. The Bertz CT molecular complexity index is 616. The molecule has 0 bridgehead atoms. The Morgan fingerprint density at radius 3 is 2.67 bits per heavy atom. The molecule has 1 saturated carbocycles. The number of aryl methyl sites for hydroxylation is 1. The quantitative estimate of drug-likeness (QED) is 0.723. The predicted molar refractivity (Wildman–Crippen MR) is 68.4 cm³/mol. The van der Waals surface area contributed by atoms with Crippen LogP contribution in [0.2, 0.25) is 0 Å². The zero-order valence-corrected chi connectivity index (χ0v) is 11.2. The fourth-order valence-corrected chi connectivity index (χ4v) is 5.52. The van der Waals surface area contributed by atoms with E-state index in [-0.39, 0.29) is 16.6 Å². The smallest absolute Gasteiger partial charge is 0.182 e. The number of hydrogen-bond acceptors (Lipinski definition) is 3. The van der Waals surface area contributed by atoms with Gasteiger partial charge in [-0.05, 0) is 37.5 Å². The lowest BCUT2D eigenvalue weighted by molar-refractivity contribution is 0.0882. The molecule has 0 N–H and O–H groups in total. The van der Waals surface area contributed by atoms with Crippen LogP contribution in [-0.4, -0.2) is 19.5 Å². The highest BCUT2D eigenvalue weighted by Crippen LogP contribution is 2.41. The summed E-state index contributed by atoms with van der Waals surface area (Å²) in [5.41, 5.74) is 1.29. The first kappa shape index (κ1) is 11.9. The van der Waals surface area contributed by atoms with Gasteiger partial charge in [0.25, 0.3) is 0 Å². The minimum Gasteiger partial charge on any atom is -0.294 e. The molecule has 1 aliphatic carbocycles. The Morgan fingerprint density at radius 2 is 1.89 bits per heavy atom. The maximum Gasteiger partial charge on any atom is 0.182 e. The summed E-state index contributed by atoms with van der Waals surface area (Å²) in [5.74, 6) is -0.275. The molecule has 1 aliphatic heterocycles. The van der Waals surface area contributed by atoms with Crippen molar-refractivity contribution in [3.8, 4) is 0 Å². The molecule has 1 heterocycles. The highest BCUT2D eigenvalue weighted by atomic mass is 32.2. The Kier molecular flexibility index (Phi) is 2.59. The summed E-state index contributed by atoms with van der Waals surface area (Å²) in [7, 11) is -3.32. The largest absolute Gasteiger partial charge is 0.294 e. The van der Waals surface area contributed by atoms with E-state index in [0.29, 0.717) is 12.0 Å². The summed E-state index contributed by atoms with van der Waals surface area (Å²) < 4.78 is 25.2. The molecule has 1 aromatic carbocycles. The van der Waals surface area contributed by atoms with Gasteiger partial charge in [-0.3, -0.25) is 4.79 Å². The first-order chi connectivity index (χ1) is 8.51. The molecular formula is C14H16O3S. The Hall–Kier alpha value is -1.16. The molecule has 2 unspecified atom stereocenters. The second-order valence-corrected chi connectivity index (χ2v) is 7.47. The first-order valence-corrected chi connectivity index (χ1v) is 7.95. The lowest BCUT2D eigenvalue weighted by Gasteiger charge is -2.34. The van der Waals surface area contributed by atoms with Crippen molar-refractivity contribution < 1.29 is 13.2 Å². The Morgan fingerprint density at radius 1 is 1.17 bits per heavy atom. The summed E-state index contributed by atoms with van der Waals surface area (Å²) in [6.45, 7) is 1.85. The van der Waals surface area contributed by atoms with Crippen molar-refractivity contribution >= 4 is 15.6 Å². The molecule has 0 amide bonds. The molecule has 1 aromatic rings. The molecule has 0 aromatic heterocycles. The van der Waals surface area contributed by atoms with Gasteiger partial charge in [0.05, 0.1) is 10.1 Å². The number of benzene rings is 1. The van der Waals surface area contributed by atoms with Gasteiger partial charge >= 0.3 is 0 Å². The molecule has 18 heavy (non-hydrogen) atoms. The minimum absolute atomic E-state index is 0.0320. The highest BCUT2D eigenvalue weighted by Gasteiger charge is 2.46. The van der Waals surface area contributed by atoms with Crippen molar-refractivity contribution in [1.29, 1.82) is 0 Å². The van der Waals surface area contributed by atoms with Gasteiger partial charge in [-0.15, -0.1) is 0 Å². The first-order valence-electron chi connectivity index (χ1n) is 6.40. The third-order valence-corrected chi connectivity index (χ3v) is 6.46. The van der Waals surface area contributed by atoms with Crippen LogP contribution in [-0.2, 0) is 9.84 Å². The fraction of sp³-hybridized carbons (Fsp3) is 0.500. The molecule has 0 radical (unpaired) electrons. The molecule has 4 heteroatoms. The predicted octanol–water partition coefficient (Wildman–Crippen LogP) is 2.52. The molecule has 0 spiro atoms. The lowest BCUT2D eigenvalue weighted by atomic mass is 9.83. The van der Waals surface area contributed by atoms with Crippen LogP contribution < -0.4 is 0 Å². The molecule has 1 fully saturated rings. The number of carbonyl (C=O) groups is 1. The highest BCUT2D eigenvalue weighted by molar-refractivity contribution is 7.92. The molecule has 96 valence electrons. The monoisotopic (exact) mass is 264 g/mol. The maximum atomic E-state index is 12.6. The van der Waals surface area contributed by atoms with E-state index >= 15 is 0 Å². The second kappa shape index (κ2) is 3.92. The van der Waals surface area contributed by atoms with E-state index in [0.717, 1.165) is 24.8 Å². The summed E-state index contributed by atoms with van der Waals surface area (Å²) in [5, 5.41) is -0.479. The molecule has 0 saturated heterocycles. The van der Waals surface area contributed by atoms with Gasteiger partial charge < -0.3 is 0 Å². The van der Waals surface area contributed by atoms with E-state index in [1.807, 2.05) is 13.0 Å². The normalized spacial score (nSPS) is 29.5. The van der Waals surface area contributed by atoms with Crippen LogP contribution in [0.5, 0.6) is 0 Å². The van der Waals surface area contributed by atoms with Crippen molar-refractivity contribution in [2.75, 3.05) is 0 Å². The zero-order chi connectivity index (χ0) is 12.9. The maximum absolute atomic E-state index is 12.6. The van der Waals surface area contributed by atoms with E-state index in [4.69, 9.17) is 0 Å². The van der Waals surface area contributed by atoms with Crippen molar-refractivity contribution in [2.24, 2.45) is 5.92 Å². The van der Waals surface area contributed by atoms with Gasteiger partial charge in [0.1, 0.15) is 0 Å². The van der Waals surface area contributed by atoms with Gasteiger partial charge in [0.2, 0.25) is 0 Å². The van der Waals surface area contributed by atoms with Crippen LogP contribution in [0.3, 0.4) is 0 Å².